The number of aromatic amines is 1. The highest BCUT2D eigenvalue weighted by molar-refractivity contribution is 8.44. The number of aliphatic hydroxyl groups excluding tert-OH is 1. The Kier molecular flexibility index (Phi) is 7.61. The van der Waals surface area contributed by atoms with Gasteiger partial charge in [0.2, 0.25) is 12.2 Å². The number of nitrogens with two attached hydrogens (primary N) is 2. The summed E-state index contributed by atoms with van der Waals surface area (Å²) in [6.45, 7) is -8.31. The van der Waals surface area contributed by atoms with E-state index in [1.165, 1.54) is 24.1 Å². The van der Waals surface area contributed by atoms with Crippen LogP contribution in [-0.2, 0) is 36.7 Å². The molecule has 4 aromatic rings. The molecule has 0 bridgehead atoms. The number of hydrogen-bond donors (Lipinski definition) is 6. The molecule has 7 heterocycles. The minimum atomic E-state index is -4.46. The van der Waals surface area contributed by atoms with Gasteiger partial charge in [0.05, 0.1) is 12.4 Å². The Morgan fingerprint density at radius 1 is 1.02 bits per heavy atom. The number of anilines is 2. The minimum absolute atomic E-state index is 0.0643. The number of fused-ring (bicyclic) bond motifs is 3. The van der Waals surface area contributed by atoms with E-state index in [9.17, 15) is 19.0 Å². The summed E-state index contributed by atoms with van der Waals surface area (Å²) in [5.41, 5.74) is 11.0. The second kappa shape index (κ2) is 11.2. The number of alkyl halides is 1. The smallest absolute Gasteiger partial charge is 0.437 e. The Morgan fingerprint density at radius 3 is 2.50 bits per heavy atom. The van der Waals surface area contributed by atoms with Crippen LogP contribution in [0.15, 0.2) is 35.3 Å². The van der Waals surface area contributed by atoms with Crippen LogP contribution in [0.3, 0.4) is 0 Å². The molecule has 1 saturated heterocycles. The van der Waals surface area contributed by atoms with Gasteiger partial charge >= 0.3 is 13.6 Å². The predicted octanol–water partition coefficient (Wildman–Crippen LogP) is 1.37. The van der Waals surface area contributed by atoms with Gasteiger partial charge < -0.3 is 30.6 Å². The molecule has 9 atom stereocenters. The number of rotatable bonds is 2. The molecule has 3 aliphatic heterocycles. The highest BCUT2D eigenvalue weighted by Gasteiger charge is 2.54. The van der Waals surface area contributed by atoms with Crippen molar-refractivity contribution >= 4 is 72.2 Å². The van der Waals surface area contributed by atoms with E-state index >= 15 is 4.39 Å². The fourth-order valence-corrected chi connectivity index (χ4v) is 8.42. The summed E-state index contributed by atoms with van der Waals surface area (Å²) in [7, 11) is 0. The van der Waals surface area contributed by atoms with Crippen LogP contribution in [0.25, 0.3) is 22.3 Å². The monoisotopic (exact) mass is 720 g/mol. The zero-order valence-corrected chi connectivity index (χ0v) is 26.6. The van der Waals surface area contributed by atoms with Crippen LogP contribution in [0.1, 0.15) is 19.4 Å². The van der Waals surface area contributed by atoms with Crippen molar-refractivity contribution in [3.05, 3.63) is 40.9 Å². The molecule has 3 aliphatic rings. The third kappa shape index (κ3) is 5.34. The van der Waals surface area contributed by atoms with E-state index in [0.29, 0.717) is 0 Å². The lowest BCUT2D eigenvalue weighted by molar-refractivity contribution is -0.0678. The molecule has 0 amide bonds. The highest BCUT2D eigenvalue weighted by Crippen LogP contribution is 2.62. The lowest BCUT2D eigenvalue weighted by Gasteiger charge is -2.29. The van der Waals surface area contributed by atoms with E-state index in [0.717, 1.165) is 10.9 Å². The Labute approximate surface area is 266 Å². The van der Waals surface area contributed by atoms with Crippen molar-refractivity contribution in [2.45, 2.75) is 50.0 Å². The molecule has 246 valence electrons. The van der Waals surface area contributed by atoms with Crippen molar-refractivity contribution in [1.82, 2.24) is 39.0 Å². The van der Waals surface area contributed by atoms with Crippen LogP contribution in [0.5, 0.6) is 0 Å². The van der Waals surface area contributed by atoms with Crippen LogP contribution >= 0.6 is 38.1 Å². The molecule has 7 rings (SSSR count). The zero-order chi connectivity index (χ0) is 32.7. The maximum Gasteiger partial charge on any atom is 0.437 e. The van der Waals surface area contributed by atoms with Crippen LogP contribution in [0.4, 0.5) is 16.2 Å². The van der Waals surface area contributed by atoms with Gasteiger partial charge in [-0.1, -0.05) is 12.2 Å². The van der Waals surface area contributed by atoms with Crippen molar-refractivity contribution in [3.8, 4) is 0 Å². The molecule has 0 aliphatic carbocycles. The predicted molar refractivity (Wildman–Crippen MR) is 160 cm³/mol. The number of aliphatic hydroxyl groups is 1. The van der Waals surface area contributed by atoms with Crippen LogP contribution in [0.2, 0.25) is 0 Å². The number of H-pyrrole nitrogens is 1. The van der Waals surface area contributed by atoms with E-state index in [2.05, 4.69) is 54.4 Å². The van der Waals surface area contributed by atoms with Crippen molar-refractivity contribution in [2.75, 3.05) is 18.1 Å². The maximum atomic E-state index is 16.2. The van der Waals surface area contributed by atoms with Crippen molar-refractivity contribution < 1.29 is 46.2 Å². The molecule has 0 aromatic carbocycles. The number of imidazole rings is 2. The quantitative estimate of drug-likeness (QED) is 0.126. The summed E-state index contributed by atoms with van der Waals surface area (Å²) >= 11 is 8.06. The highest BCUT2D eigenvalue weighted by atomic mass is 32.7. The normalized spacial score (nSPS) is 35.3. The number of halogens is 1. The standard InChI is InChI=1S/C21H23FN10O10P2S2/c1-6-12-14(8(22)19(39-12)32-5-28-10-17(32)29-21(24)30-18(10)34)42-43(35,45)37-2-7-13(41-44(36,46)40-6)11(33)20(38-7)31-4-27-9-15(23)25-3-26-16(9)31/h3-6,8,11-12,14,19-20,33H,2H2,1H3,(H,35,45)(H,36,46)(H2,23,25,26)(H3,24,29,30,34)/t6-,8-,11-,12-,14+,19-,20-,43+,44-/m1/s1. The van der Waals surface area contributed by atoms with Crippen molar-refractivity contribution in [3.63, 3.8) is 0 Å². The third-order valence-electron chi connectivity index (χ3n) is 7.26. The van der Waals surface area contributed by atoms with Gasteiger partial charge in [0.25, 0.3) is 5.56 Å². The number of thiol groups is 2. The number of nitrogen functional groups attached to an aromatic ring is 2. The summed E-state index contributed by atoms with van der Waals surface area (Å²) in [4.78, 5) is 34.6. The van der Waals surface area contributed by atoms with E-state index in [-0.39, 0.29) is 39.9 Å². The SMILES string of the molecule is C[C@H]1O[P@@](=O)(S)OC2=C(CO[P@](=O)(S)O[C@H]3[C@@H](F)[C@H](n4cnc5c(=O)[nH]c(N)nc54)O[C@@H]31)O[C@@H](n1cnc3c(N)ncnc31)[C@@H]2O. The molecular formula is C21H23FN10O10P2S2. The number of nitrogens with one attached hydrogen (secondary N) is 1. The Bertz CT molecular complexity index is 2060. The second-order valence-corrected chi connectivity index (χ2v) is 15.9. The molecule has 0 unspecified atom stereocenters. The summed E-state index contributed by atoms with van der Waals surface area (Å²) in [6.07, 6.45) is -7.66. The van der Waals surface area contributed by atoms with Gasteiger partial charge in [0, 0.05) is 0 Å². The summed E-state index contributed by atoms with van der Waals surface area (Å²) < 4.78 is 79.4. The first-order valence-corrected chi connectivity index (χ1v) is 18.5. The molecule has 20 nitrogen and oxygen atoms in total. The largest absolute Gasteiger partial charge is 0.465 e. The maximum absolute atomic E-state index is 16.2. The molecule has 0 saturated carbocycles. The average molecular weight is 721 g/mol. The molecule has 0 radical (unpaired) electrons. The van der Waals surface area contributed by atoms with E-state index in [4.69, 9.17) is 39.0 Å². The first kappa shape index (κ1) is 31.3. The van der Waals surface area contributed by atoms with Gasteiger partial charge in [-0.05, 0) is 19.2 Å². The Morgan fingerprint density at radius 2 is 1.74 bits per heavy atom. The second-order valence-electron chi connectivity index (χ2n) is 10.2. The van der Waals surface area contributed by atoms with Crippen LogP contribution in [-0.4, -0.2) is 81.3 Å². The Hall–Kier alpha value is -3.27. The van der Waals surface area contributed by atoms with E-state index in [1.54, 1.807) is 0 Å². The fourth-order valence-electron chi connectivity index (χ4n) is 5.28. The molecule has 4 aromatic heterocycles. The van der Waals surface area contributed by atoms with Crippen molar-refractivity contribution in [2.24, 2.45) is 0 Å². The first-order chi connectivity index (χ1) is 21.7. The Balaban J connectivity index is 1.20. The van der Waals surface area contributed by atoms with Gasteiger partial charge in [0.15, 0.2) is 52.7 Å². The topological polar surface area (TPSA) is 269 Å². The van der Waals surface area contributed by atoms with Gasteiger partial charge in [-0.3, -0.25) is 32.5 Å². The van der Waals surface area contributed by atoms with Gasteiger partial charge in [-0.2, -0.15) is 4.98 Å². The van der Waals surface area contributed by atoms with Gasteiger partial charge in [-0.15, -0.1) is 0 Å². The van der Waals surface area contributed by atoms with Crippen LogP contribution < -0.4 is 17.0 Å². The number of ether oxygens (including phenoxy) is 2. The molecule has 0 spiro atoms. The zero-order valence-electron chi connectivity index (χ0n) is 23.1. The minimum Gasteiger partial charge on any atom is -0.465 e. The summed E-state index contributed by atoms with van der Waals surface area (Å²) in [5.74, 6) is -0.941. The molecular weight excluding hydrogens is 697 g/mol. The lowest BCUT2D eigenvalue weighted by Crippen LogP contribution is -2.38. The summed E-state index contributed by atoms with van der Waals surface area (Å²) in [6, 6.07) is 0. The lowest BCUT2D eigenvalue weighted by atomic mass is 10.1. The molecule has 25 heteroatoms. The molecule has 6 N–H and O–H groups in total. The fraction of sp³-hybridized carbons (Fsp3) is 0.429. The number of aromatic nitrogens is 8. The number of nitrogens with zero attached hydrogens (tertiary/aromatic N) is 7. The first-order valence-electron chi connectivity index (χ1n) is 13.1. The number of hydrogen-bond acceptors (Lipinski definition) is 17. The van der Waals surface area contributed by atoms with Crippen LogP contribution in [0, 0.1) is 0 Å². The van der Waals surface area contributed by atoms with Gasteiger partial charge in [0.1, 0.15) is 37.0 Å². The van der Waals surface area contributed by atoms with Gasteiger partial charge in [-0.25, -0.2) is 33.5 Å². The molecule has 1 fully saturated rings. The van der Waals surface area contributed by atoms with E-state index < -0.39 is 74.6 Å². The van der Waals surface area contributed by atoms with Crippen molar-refractivity contribution in [1.29, 1.82) is 0 Å². The summed E-state index contributed by atoms with van der Waals surface area (Å²) in [5, 5.41) is 11.2. The average Bonchev–Trinajstić information content (AvgIpc) is 3.73. The molecule has 46 heavy (non-hydrogen) atoms. The third-order valence-corrected chi connectivity index (χ3v) is 10.4. The van der Waals surface area contributed by atoms with E-state index in [1.807, 2.05) is 0 Å².